The Balaban J connectivity index is 2.60. The molecule has 0 heterocycles. The van der Waals surface area contributed by atoms with E-state index in [1.54, 1.807) is 19.2 Å². The fraction of sp³-hybridized carbons (Fsp3) is 0.0667. The van der Waals surface area contributed by atoms with Crippen molar-refractivity contribution in [2.45, 2.75) is 0 Å². The van der Waals surface area contributed by atoms with Gasteiger partial charge in [0.1, 0.15) is 11.5 Å². The van der Waals surface area contributed by atoms with Crippen molar-refractivity contribution in [3.8, 4) is 35.0 Å². The van der Waals surface area contributed by atoms with Gasteiger partial charge in [-0.05, 0) is 29.3 Å². The molecule has 0 aliphatic carbocycles. The highest BCUT2D eigenvalue weighted by Gasteiger charge is 2.06. The van der Waals surface area contributed by atoms with Crippen LogP contribution in [0.3, 0.4) is 0 Å². The number of ether oxygens (including phenoxy) is 1. The number of phenols is 1. The molecule has 2 nitrogen and oxygen atoms in total. The van der Waals surface area contributed by atoms with Crippen molar-refractivity contribution in [2.24, 2.45) is 0 Å². The van der Waals surface area contributed by atoms with Crippen LogP contribution in [0.15, 0.2) is 42.5 Å². The van der Waals surface area contributed by atoms with Crippen molar-refractivity contribution in [3.63, 3.8) is 0 Å². The molecular formula is C15H12O2. The maximum Gasteiger partial charge on any atom is 0.123 e. The van der Waals surface area contributed by atoms with Gasteiger partial charge in [0, 0.05) is 11.6 Å². The summed E-state index contributed by atoms with van der Waals surface area (Å²) in [5, 5.41) is 9.62. The minimum absolute atomic E-state index is 0.158. The van der Waals surface area contributed by atoms with E-state index in [0.717, 1.165) is 16.7 Å². The molecule has 0 bridgehead atoms. The first kappa shape index (κ1) is 11.1. The van der Waals surface area contributed by atoms with Crippen LogP contribution in [0, 0.1) is 12.3 Å². The van der Waals surface area contributed by atoms with Gasteiger partial charge < -0.3 is 9.84 Å². The zero-order chi connectivity index (χ0) is 12.3. The van der Waals surface area contributed by atoms with Crippen LogP contribution in [-0.4, -0.2) is 12.2 Å². The van der Waals surface area contributed by atoms with E-state index in [1.165, 1.54) is 0 Å². The Morgan fingerprint density at radius 1 is 1.18 bits per heavy atom. The Morgan fingerprint density at radius 2 is 1.94 bits per heavy atom. The van der Waals surface area contributed by atoms with Crippen LogP contribution >= 0.6 is 0 Å². The average molecular weight is 224 g/mol. The molecule has 0 amide bonds. The molecule has 2 rings (SSSR count). The summed E-state index contributed by atoms with van der Waals surface area (Å²) in [6.45, 7) is 0. The number of hydrogen-bond donors (Lipinski definition) is 1. The van der Waals surface area contributed by atoms with Crippen LogP contribution < -0.4 is 4.74 Å². The Bertz CT molecular complexity index is 580. The SMILES string of the molecule is C#Cc1ccccc1-c1cc(O)cc(OC)c1. The van der Waals surface area contributed by atoms with Crippen molar-refractivity contribution < 1.29 is 9.84 Å². The molecular weight excluding hydrogens is 212 g/mol. The second kappa shape index (κ2) is 4.63. The molecule has 0 unspecified atom stereocenters. The first-order chi connectivity index (χ1) is 8.24. The van der Waals surface area contributed by atoms with E-state index in [4.69, 9.17) is 11.2 Å². The Kier molecular flexibility index (Phi) is 3.02. The minimum atomic E-state index is 0.158. The third-order valence-electron chi connectivity index (χ3n) is 2.52. The molecule has 1 N–H and O–H groups in total. The zero-order valence-electron chi connectivity index (χ0n) is 9.47. The number of hydrogen-bond acceptors (Lipinski definition) is 2. The van der Waals surface area contributed by atoms with E-state index in [0.29, 0.717) is 5.75 Å². The first-order valence-corrected chi connectivity index (χ1v) is 5.18. The third kappa shape index (κ3) is 2.24. The molecule has 0 spiro atoms. The van der Waals surface area contributed by atoms with Crippen molar-refractivity contribution in [3.05, 3.63) is 48.0 Å². The highest BCUT2D eigenvalue weighted by molar-refractivity contribution is 5.73. The predicted octanol–water partition coefficient (Wildman–Crippen LogP) is 3.05. The van der Waals surface area contributed by atoms with Gasteiger partial charge in [-0.1, -0.05) is 24.1 Å². The van der Waals surface area contributed by atoms with Gasteiger partial charge in [0.05, 0.1) is 7.11 Å². The quantitative estimate of drug-likeness (QED) is 0.794. The average Bonchev–Trinajstić information content (AvgIpc) is 2.37. The Morgan fingerprint density at radius 3 is 2.65 bits per heavy atom. The molecule has 0 saturated heterocycles. The fourth-order valence-electron chi connectivity index (χ4n) is 1.72. The van der Waals surface area contributed by atoms with Crippen LogP contribution in [-0.2, 0) is 0 Å². The van der Waals surface area contributed by atoms with Crippen molar-refractivity contribution in [1.82, 2.24) is 0 Å². The summed E-state index contributed by atoms with van der Waals surface area (Å²) < 4.78 is 5.12. The van der Waals surface area contributed by atoms with Gasteiger partial charge in [0.15, 0.2) is 0 Å². The largest absolute Gasteiger partial charge is 0.508 e. The zero-order valence-corrected chi connectivity index (χ0v) is 9.47. The second-order valence-electron chi connectivity index (χ2n) is 3.61. The van der Waals surface area contributed by atoms with Gasteiger partial charge in [-0.2, -0.15) is 0 Å². The van der Waals surface area contributed by atoms with Gasteiger partial charge in [0.25, 0.3) is 0 Å². The number of rotatable bonds is 2. The monoisotopic (exact) mass is 224 g/mol. The van der Waals surface area contributed by atoms with Crippen LogP contribution in [0.1, 0.15) is 5.56 Å². The van der Waals surface area contributed by atoms with E-state index in [2.05, 4.69) is 5.92 Å². The van der Waals surface area contributed by atoms with E-state index in [9.17, 15) is 5.11 Å². The topological polar surface area (TPSA) is 29.5 Å². The minimum Gasteiger partial charge on any atom is -0.508 e. The normalized spacial score (nSPS) is 9.65. The molecule has 2 aromatic rings. The standard InChI is InChI=1S/C15H12O2/c1-3-11-6-4-5-7-15(11)12-8-13(16)10-14(9-12)17-2/h1,4-10,16H,2H3. The summed E-state index contributed by atoms with van der Waals surface area (Å²) >= 11 is 0. The van der Waals surface area contributed by atoms with Gasteiger partial charge >= 0.3 is 0 Å². The smallest absolute Gasteiger partial charge is 0.123 e. The number of methoxy groups -OCH3 is 1. The summed E-state index contributed by atoms with van der Waals surface area (Å²) in [6.07, 6.45) is 5.45. The molecule has 0 atom stereocenters. The van der Waals surface area contributed by atoms with Gasteiger partial charge in [-0.15, -0.1) is 6.42 Å². The molecule has 2 heteroatoms. The summed E-state index contributed by atoms with van der Waals surface area (Å²) in [5.41, 5.74) is 2.54. The summed E-state index contributed by atoms with van der Waals surface area (Å²) in [6, 6.07) is 12.7. The highest BCUT2D eigenvalue weighted by Crippen LogP contribution is 2.30. The lowest BCUT2D eigenvalue weighted by atomic mass is 10.00. The molecule has 2 aromatic carbocycles. The summed E-state index contributed by atoms with van der Waals surface area (Å²) in [5.74, 6) is 3.39. The van der Waals surface area contributed by atoms with Crippen molar-refractivity contribution in [2.75, 3.05) is 7.11 Å². The molecule has 0 aromatic heterocycles. The molecule has 84 valence electrons. The van der Waals surface area contributed by atoms with Crippen LogP contribution in [0.4, 0.5) is 0 Å². The van der Waals surface area contributed by atoms with E-state index in [1.807, 2.05) is 30.3 Å². The lowest BCUT2D eigenvalue weighted by Crippen LogP contribution is -1.87. The van der Waals surface area contributed by atoms with Gasteiger partial charge in [-0.25, -0.2) is 0 Å². The fourth-order valence-corrected chi connectivity index (χ4v) is 1.72. The van der Waals surface area contributed by atoms with Gasteiger partial charge in [-0.3, -0.25) is 0 Å². The van der Waals surface area contributed by atoms with Crippen LogP contribution in [0.2, 0.25) is 0 Å². The highest BCUT2D eigenvalue weighted by atomic mass is 16.5. The number of aromatic hydroxyl groups is 1. The molecule has 0 aliphatic heterocycles. The van der Waals surface area contributed by atoms with Gasteiger partial charge in [0.2, 0.25) is 0 Å². The number of terminal acetylenes is 1. The molecule has 0 aliphatic rings. The second-order valence-corrected chi connectivity index (χ2v) is 3.61. The van der Waals surface area contributed by atoms with Crippen molar-refractivity contribution in [1.29, 1.82) is 0 Å². The molecule has 0 saturated carbocycles. The lowest BCUT2D eigenvalue weighted by molar-refractivity contribution is 0.408. The molecule has 17 heavy (non-hydrogen) atoms. The number of benzene rings is 2. The van der Waals surface area contributed by atoms with E-state index < -0.39 is 0 Å². The molecule has 0 fully saturated rings. The first-order valence-electron chi connectivity index (χ1n) is 5.18. The number of phenolic OH excluding ortho intramolecular Hbond substituents is 1. The maximum absolute atomic E-state index is 9.62. The Labute approximate surface area is 100 Å². The summed E-state index contributed by atoms with van der Waals surface area (Å²) in [4.78, 5) is 0. The maximum atomic E-state index is 9.62. The predicted molar refractivity (Wildman–Crippen MR) is 68.0 cm³/mol. The van der Waals surface area contributed by atoms with E-state index in [-0.39, 0.29) is 5.75 Å². The third-order valence-corrected chi connectivity index (χ3v) is 2.52. The molecule has 0 radical (unpaired) electrons. The van der Waals surface area contributed by atoms with E-state index >= 15 is 0 Å². The van der Waals surface area contributed by atoms with Crippen LogP contribution in [0.5, 0.6) is 11.5 Å². The van der Waals surface area contributed by atoms with Crippen LogP contribution in [0.25, 0.3) is 11.1 Å². The summed E-state index contributed by atoms with van der Waals surface area (Å²) in [7, 11) is 1.56. The Hall–Kier alpha value is -2.40. The van der Waals surface area contributed by atoms with Crippen molar-refractivity contribution >= 4 is 0 Å². The lowest BCUT2D eigenvalue weighted by Gasteiger charge is -2.08.